The smallest absolute Gasteiger partial charge is 0.395 e. The van der Waals surface area contributed by atoms with Crippen molar-refractivity contribution in [1.29, 1.82) is 0 Å². The molecule has 1 atom stereocenters. The number of aliphatic hydroxyl groups is 1. The van der Waals surface area contributed by atoms with Gasteiger partial charge in [-0.25, -0.2) is 0 Å². The van der Waals surface area contributed by atoms with Crippen LogP contribution in [0, 0.1) is 11.3 Å². The lowest BCUT2D eigenvalue weighted by Crippen LogP contribution is -2.30. The third kappa shape index (κ3) is 3.05. The summed E-state index contributed by atoms with van der Waals surface area (Å²) in [5, 5.41) is 9.30. The summed E-state index contributed by atoms with van der Waals surface area (Å²) >= 11 is 0. The van der Waals surface area contributed by atoms with Crippen LogP contribution < -0.4 is 0 Å². The van der Waals surface area contributed by atoms with Gasteiger partial charge in [-0.1, -0.05) is 20.8 Å². The zero-order valence-corrected chi connectivity index (χ0v) is 11.7. The third-order valence-electron chi connectivity index (χ3n) is 3.31. The summed E-state index contributed by atoms with van der Waals surface area (Å²) in [6.45, 7) is 4.50. The molecule has 0 bridgehead atoms. The standard InChI is InChI=1S/C11H17F3O4S/c1-7(2)8-4-5-10(3,6-15)9(8)18-19(16,17)11(12,13)14/h7,15H,4-6H2,1-3H3/t10-/m1/s1. The van der Waals surface area contributed by atoms with Gasteiger partial charge in [0.1, 0.15) is 5.76 Å². The minimum absolute atomic E-state index is 0.146. The molecule has 0 aromatic rings. The molecule has 1 aliphatic carbocycles. The second-order valence-corrected chi connectivity index (χ2v) is 6.75. The molecule has 112 valence electrons. The highest BCUT2D eigenvalue weighted by Crippen LogP contribution is 2.47. The fraction of sp³-hybridized carbons (Fsp3) is 0.818. The van der Waals surface area contributed by atoms with Gasteiger partial charge in [-0.3, -0.25) is 0 Å². The van der Waals surface area contributed by atoms with Crippen molar-refractivity contribution in [2.75, 3.05) is 6.61 Å². The van der Waals surface area contributed by atoms with Crippen molar-refractivity contribution in [3.05, 3.63) is 11.3 Å². The maximum Gasteiger partial charge on any atom is 0.534 e. The van der Waals surface area contributed by atoms with E-state index in [0.717, 1.165) is 0 Å². The van der Waals surface area contributed by atoms with Crippen molar-refractivity contribution in [2.45, 2.75) is 39.1 Å². The second-order valence-electron chi connectivity index (χ2n) is 5.21. The average molecular weight is 302 g/mol. The van der Waals surface area contributed by atoms with E-state index < -0.39 is 27.6 Å². The summed E-state index contributed by atoms with van der Waals surface area (Å²) in [4.78, 5) is 0. The monoisotopic (exact) mass is 302 g/mol. The number of alkyl halides is 3. The molecule has 0 unspecified atom stereocenters. The molecule has 0 radical (unpaired) electrons. The summed E-state index contributed by atoms with van der Waals surface area (Å²) in [5.41, 5.74) is -6.05. The Morgan fingerprint density at radius 1 is 1.42 bits per heavy atom. The minimum Gasteiger partial charge on any atom is -0.395 e. The van der Waals surface area contributed by atoms with Gasteiger partial charge in [-0.05, 0) is 24.3 Å². The highest BCUT2D eigenvalue weighted by molar-refractivity contribution is 7.87. The molecule has 4 nitrogen and oxygen atoms in total. The van der Waals surface area contributed by atoms with E-state index in [1.165, 1.54) is 6.92 Å². The normalized spacial score (nSPS) is 25.3. The number of rotatable bonds is 4. The molecular weight excluding hydrogens is 285 g/mol. The quantitative estimate of drug-likeness (QED) is 0.640. The van der Waals surface area contributed by atoms with Crippen LogP contribution in [-0.4, -0.2) is 25.6 Å². The largest absolute Gasteiger partial charge is 0.534 e. The number of hydrogen-bond donors (Lipinski definition) is 1. The molecule has 0 aromatic carbocycles. The molecule has 0 aliphatic heterocycles. The Kier molecular flexibility index (Phi) is 4.26. The molecule has 0 saturated heterocycles. The first-order valence-corrected chi connectivity index (χ1v) is 7.20. The van der Waals surface area contributed by atoms with Gasteiger partial charge in [0, 0.05) is 0 Å². The van der Waals surface area contributed by atoms with Gasteiger partial charge in [0.2, 0.25) is 0 Å². The fourth-order valence-electron chi connectivity index (χ4n) is 2.04. The van der Waals surface area contributed by atoms with E-state index in [2.05, 4.69) is 4.18 Å². The Morgan fingerprint density at radius 3 is 2.32 bits per heavy atom. The Morgan fingerprint density at radius 2 is 1.95 bits per heavy atom. The van der Waals surface area contributed by atoms with Crippen LogP contribution in [0.1, 0.15) is 33.6 Å². The summed E-state index contributed by atoms with van der Waals surface area (Å²) in [7, 11) is -5.70. The topological polar surface area (TPSA) is 63.6 Å². The van der Waals surface area contributed by atoms with Gasteiger partial charge in [-0.15, -0.1) is 0 Å². The molecular formula is C11H17F3O4S. The maximum absolute atomic E-state index is 12.4. The van der Waals surface area contributed by atoms with E-state index in [4.69, 9.17) is 0 Å². The molecule has 0 spiro atoms. The highest BCUT2D eigenvalue weighted by Gasteiger charge is 2.52. The second kappa shape index (κ2) is 4.97. The fourth-order valence-corrected chi connectivity index (χ4v) is 2.66. The van der Waals surface area contributed by atoms with Crippen LogP contribution in [0.25, 0.3) is 0 Å². The Bertz CT molecular complexity index is 479. The molecule has 19 heavy (non-hydrogen) atoms. The molecule has 8 heteroatoms. The van der Waals surface area contributed by atoms with Crippen LogP contribution in [0.5, 0.6) is 0 Å². The molecule has 0 aromatic heterocycles. The Hall–Kier alpha value is -0.760. The summed E-state index contributed by atoms with van der Waals surface area (Å²) < 4.78 is 63.7. The highest BCUT2D eigenvalue weighted by atomic mass is 32.2. The van der Waals surface area contributed by atoms with Gasteiger partial charge in [-0.2, -0.15) is 21.6 Å². The van der Waals surface area contributed by atoms with E-state index in [1.54, 1.807) is 13.8 Å². The van der Waals surface area contributed by atoms with Crippen LogP contribution in [-0.2, 0) is 14.3 Å². The molecule has 0 fully saturated rings. The van der Waals surface area contributed by atoms with Gasteiger partial charge in [0.05, 0.1) is 12.0 Å². The van der Waals surface area contributed by atoms with Crippen LogP contribution in [0.4, 0.5) is 13.2 Å². The minimum atomic E-state index is -5.70. The number of allylic oxidation sites excluding steroid dienone is 1. The summed E-state index contributed by atoms with van der Waals surface area (Å²) in [6.07, 6.45) is 0.775. The van der Waals surface area contributed by atoms with E-state index in [-0.39, 0.29) is 11.7 Å². The first-order chi connectivity index (χ1) is 8.44. The SMILES string of the molecule is CC(C)C1=C(OS(=O)(=O)C(F)(F)F)[C@@](C)(CO)CC1. The van der Waals surface area contributed by atoms with E-state index in [9.17, 15) is 26.7 Å². The lowest BCUT2D eigenvalue weighted by molar-refractivity contribution is -0.0536. The molecule has 0 amide bonds. The van der Waals surface area contributed by atoms with E-state index in [1.807, 2.05) is 0 Å². The zero-order chi connectivity index (χ0) is 15.1. The van der Waals surface area contributed by atoms with Gasteiger partial charge in [0.15, 0.2) is 0 Å². The lowest BCUT2D eigenvalue weighted by atomic mass is 9.89. The summed E-state index contributed by atoms with van der Waals surface area (Å²) in [5.74, 6) is -0.408. The van der Waals surface area contributed by atoms with Gasteiger partial charge in [0.25, 0.3) is 0 Å². The first kappa shape index (κ1) is 16.3. The van der Waals surface area contributed by atoms with Crippen molar-refractivity contribution in [3.8, 4) is 0 Å². The maximum atomic E-state index is 12.4. The number of aliphatic hydroxyl groups excluding tert-OH is 1. The number of halogens is 3. The van der Waals surface area contributed by atoms with Crippen LogP contribution in [0.15, 0.2) is 11.3 Å². The predicted molar refractivity (Wildman–Crippen MR) is 62.4 cm³/mol. The van der Waals surface area contributed by atoms with Crippen molar-refractivity contribution in [3.63, 3.8) is 0 Å². The Labute approximate surface area is 110 Å². The summed E-state index contributed by atoms with van der Waals surface area (Å²) in [6, 6.07) is 0. The third-order valence-corrected chi connectivity index (χ3v) is 4.26. The lowest BCUT2D eigenvalue weighted by Gasteiger charge is -2.25. The average Bonchev–Trinajstić information content (AvgIpc) is 2.55. The molecule has 1 rings (SSSR count). The zero-order valence-electron chi connectivity index (χ0n) is 10.9. The first-order valence-electron chi connectivity index (χ1n) is 5.80. The molecule has 0 heterocycles. The van der Waals surface area contributed by atoms with E-state index >= 15 is 0 Å². The van der Waals surface area contributed by atoms with Crippen molar-refractivity contribution < 1.29 is 30.9 Å². The van der Waals surface area contributed by atoms with Crippen molar-refractivity contribution in [1.82, 2.24) is 0 Å². The Balaban J connectivity index is 3.24. The predicted octanol–water partition coefficient (Wildman–Crippen LogP) is 2.56. The number of hydrogen-bond acceptors (Lipinski definition) is 4. The van der Waals surface area contributed by atoms with Gasteiger partial charge >= 0.3 is 15.6 Å². The van der Waals surface area contributed by atoms with Crippen molar-refractivity contribution in [2.24, 2.45) is 11.3 Å². The van der Waals surface area contributed by atoms with Crippen LogP contribution in [0.3, 0.4) is 0 Å². The molecule has 1 N–H and O–H groups in total. The van der Waals surface area contributed by atoms with Crippen LogP contribution >= 0.6 is 0 Å². The van der Waals surface area contributed by atoms with Crippen LogP contribution in [0.2, 0.25) is 0 Å². The van der Waals surface area contributed by atoms with E-state index in [0.29, 0.717) is 18.4 Å². The van der Waals surface area contributed by atoms with Gasteiger partial charge < -0.3 is 9.29 Å². The molecule has 0 saturated carbocycles. The van der Waals surface area contributed by atoms with Crippen molar-refractivity contribution >= 4 is 10.1 Å². The molecule has 1 aliphatic rings.